The number of amides is 2. The van der Waals surface area contributed by atoms with Crippen LogP contribution in [0.5, 0.6) is 0 Å². The lowest BCUT2D eigenvalue weighted by Crippen LogP contribution is -2.36. The minimum absolute atomic E-state index is 0.0118. The molecule has 0 bridgehead atoms. The van der Waals surface area contributed by atoms with Gasteiger partial charge >= 0.3 is 0 Å². The van der Waals surface area contributed by atoms with E-state index in [4.69, 9.17) is 4.74 Å². The van der Waals surface area contributed by atoms with Gasteiger partial charge in [0.15, 0.2) is 0 Å². The molecular weight excluding hydrogens is 230 g/mol. The molecule has 0 radical (unpaired) electrons. The van der Waals surface area contributed by atoms with E-state index in [0.717, 1.165) is 6.42 Å². The minimum atomic E-state index is -0.196. The highest BCUT2D eigenvalue weighted by atomic mass is 16.5. The fraction of sp³-hybridized carbons (Fsp3) is 0.429. The van der Waals surface area contributed by atoms with Gasteiger partial charge in [-0.2, -0.15) is 0 Å². The highest BCUT2D eigenvalue weighted by molar-refractivity contribution is 6.21. The molecule has 3 rings (SSSR count). The molecule has 2 aliphatic rings. The summed E-state index contributed by atoms with van der Waals surface area (Å²) in [6.07, 6.45) is 0.898. The van der Waals surface area contributed by atoms with Crippen LogP contribution in [0, 0.1) is 5.92 Å². The van der Waals surface area contributed by atoms with Crippen molar-refractivity contribution in [3.63, 3.8) is 0 Å². The summed E-state index contributed by atoms with van der Waals surface area (Å²) in [5, 5.41) is 0. The Kier molecular flexibility index (Phi) is 2.67. The summed E-state index contributed by atoms with van der Waals surface area (Å²) in [6, 6.07) is 6.96. The predicted octanol–water partition coefficient (Wildman–Crippen LogP) is 1.71. The number of benzene rings is 1. The molecule has 0 saturated carbocycles. The van der Waals surface area contributed by atoms with Gasteiger partial charge in [-0.15, -0.1) is 0 Å². The smallest absolute Gasteiger partial charge is 0.261 e. The van der Waals surface area contributed by atoms with Crippen molar-refractivity contribution >= 4 is 11.8 Å². The second-order valence-corrected chi connectivity index (χ2v) is 5.06. The predicted molar refractivity (Wildman–Crippen MR) is 65.3 cm³/mol. The molecule has 2 amide bonds. The van der Waals surface area contributed by atoms with E-state index < -0.39 is 0 Å². The zero-order valence-electron chi connectivity index (χ0n) is 10.3. The van der Waals surface area contributed by atoms with E-state index in [9.17, 15) is 9.59 Å². The van der Waals surface area contributed by atoms with Gasteiger partial charge in [-0.05, 0) is 24.5 Å². The zero-order valence-corrected chi connectivity index (χ0v) is 10.3. The third-order valence-corrected chi connectivity index (χ3v) is 3.55. The Morgan fingerprint density at radius 2 is 1.83 bits per heavy atom. The Bertz CT molecular complexity index is 477. The number of hydrogen-bond donors (Lipinski definition) is 0. The number of imide groups is 1. The molecule has 1 aromatic carbocycles. The summed E-state index contributed by atoms with van der Waals surface area (Å²) in [4.78, 5) is 25.6. The van der Waals surface area contributed by atoms with Crippen molar-refractivity contribution in [1.82, 2.24) is 4.90 Å². The zero-order chi connectivity index (χ0) is 12.7. The van der Waals surface area contributed by atoms with Crippen molar-refractivity contribution in [1.29, 1.82) is 0 Å². The van der Waals surface area contributed by atoms with Gasteiger partial charge in [0.05, 0.1) is 23.8 Å². The number of hydrogen-bond acceptors (Lipinski definition) is 3. The first kappa shape index (κ1) is 11.4. The van der Waals surface area contributed by atoms with E-state index in [-0.39, 0.29) is 17.9 Å². The molecular formula is C14H15NO3. The summed E-state index contributed by atoms with van der Waals surface area (Å²) >= 11 is 0. The van der Waals surface area contributed by atoms with E-state index >= 15 is 0 Å². The first-order valence-electron chi connectivity index (χ1n) is 6.23. The maximum atomic E-state index is 12.1. The average molecular weight is 245 g/mol. The Balaban J connectivity index is 1.80. The van der Waals surface area contributed by atoms with Crippen LogP contribution in [0.4, 0.5) is 0 Å². The van der Waals surface area contributed by atoms with Gasteiger partial charge in [0.1, 0.15) is 0 Å². The molecule has 4 heteroatoms. The number of fused-ring (bicyclic) bond motifs is 1. The lowest BCUT2D eigenvalue weighted by Gasteiger charge is -2.18. The topological polar surface area (TPSA) is 46.6 Å². The second kappa shape index (κ2) is 4.21. The van der Waals surface area contributed by atoms with Crippen LogP contribution in [-0.2, 0) is 4.74 Å². The van der Waals surface area contributed by atoms with E-state index in [2.05, 4.69) is 6.92 Å². The van der Waals surface area contributed by atoms with Crippen molar-refractivity contribution in [3.05, 3.63) is 35.4 Å². The van der Waals surface area contributed by atoms with Crippen LogP contribution >= 0.6 is 0 Å². The SMILES string of the molecule is CC1COC(CN2C(=O)c3ccccc3C2=O)C1. The van der Waals surface area contributed by atoms with E-state index in [1.165, 1.54) is 4.90 Å². The molecule has 0 spiro atoms. The Morgan fingerprint density at radius 3 is 2.33 bits per heavy atom. The van der Waals surface area contributed by atoms with E-state index in [1.807, 2.05) is 0 Å². The third kappa shape index (κ3) is 1.73. The highest BCUT2D eigenvalue weighted by Crippen LogP contribution is 2.26. The monoisotopic (exact) mass is 245 g/mol. The van der Waals surface area contributed by atoms with Crippen LogP contribution in [0.2, 0.25) is 0 Å². The standard InChI is InChI=1S/C14H15NO3/c1-9-6-10(18-8-9)7-15-13(16)11-4-2-3-5-12(11)14(15)17/h2-5,9-10H,6-8H2,1H3. The summed E-state index contributed by atoms with van der Waals surface area (Å²) in [5.74, 6) is 0.114. The fourth-order valence-electron chi connectivity index (χ4n) is 2.62. The largest absolute Gasteiger partial charge is 0.376 e. The van der Waals surface area contributed by atoms with E-state index in [1.54, 1.807) is 24.3 Å². The van der Waals surface area contributed by atoms with Crippen LogP contribution in [0.3, 0.4) is 0 Å². The second-order valence-electron chi connectivity index (χ2n) is 5.06. The molecule has 0 N–H and O–H groups in total. The fourth-order valence-corrected chi connectivity index (χ4v) is 2.62. The molecule has 4 nitrogen and oxygen atoms in total. The van der Waals surface area contributed by atoms with Gasteiger partial charge in [-0.25, -0.2) is 0 Å². The van der Waals surface area contributed by atoms with Crippen LogP contribution < -0.4 is 0 Å². The lowest BCUT2D eigenvalue weighted by atomic mass is 10.1. The van der Waals surface area contributed by atoms with Crippen LogP contribution in [0.1, 0.15) is 34.1 Å². The highest BCUT2D eigenvalue weighted by Gasteiger charge is 2.37. The van der Waals surface area contributed by atoms with Gasteiger partial charge in [-0.1, -0.05) is 19.1 Å². The number of carbonyl (C=O) groups is 2. The first-order chi connectivity index (χ1) is 8.66. The molecule has 1 saturated heterocycles. The first-order valence-corrected chi connectivity index (χ1v) is 6.23. The van der Waals surface area contributed by atoms with Crippen molar-refractivity contribution in [2.45, 2.75) is 19.4 Å². The molecule has 1 aromatic rings. The van der Waals surface area contributed by atoms with Gasteiger partial charge in [0, 0.05) is 6.61 Å². The number of nitrogens with zero attached hydrogens (tertiary/aromatic N) is 1. The maximum absolute atomic E-state index is 12.1. The molecule has 18 heavy (non-hydrogen) atoms. The van der Waals surface area contributed by atoms with Gasteiger partial charge in [0.25, 0.3) is 11.8 Å². The minimum Gasteiger partial charge on any atom is -0.376 e. The average Bonchev–Trinajstić information content (AvgIpc) is 2.88. The molecule has 2 unspecified atom stereocenters. The molecule has 2 heterocycles. The number of rotatable bonds is 2. The van der Waals surface area contributed by atoms with Crippen molar-refractivity contribution in [2.24, 2.45) is 5.92 Å². The van der Waals surface area contributed by atoms with Crippen molar-refractivity contribution in [2.75, 3.05) is 13.2 Å². The summed E-state index contributed by atoms with van der Waals surface area (Å²) in [6.45, 7) is 3.20. The lowest BCUT2D eigenvalue weighted by molar-refractivity contribution is 0.0471. The van der Waals surface area contributed by atoms with Gasteiger partial charge in [-0.3, -0.25) is 14.5 Å². The molecule has 0 aliphatic carbocycles. The van der Waals surface area contributed by atoms with Crippen molar-refractivity contribution in [3.8, 4) is 0 Å². The Morgan fingerprint density at radius 1 is 1.22 bits per heavy atom. The van der Waals surface area contributed by atoms with Crippen LogP contribution in [0.25, 0.3) is 0 Å². The molecule has 2 aliphatic heterocycles. The maximum Gasteiger partial charge on any atom is 0.261 e. The Hall–Kier alpha value is -1.68. The normalized spacial score (nSPS) is 26.8. The summed E-state index contributed by atoms with van der Waals surface area (Å²) in [7, 11) is 0. The third-order valence-electron chi connectivity index (χ3n) is 3.55. The molecule has 1 fully saturated rings. The van der Waals surface area contributed by atoms with Gasteiger partial charge in [0.2, 0.25) is 0 Å². The number of carbonyl (C=O) groups excluding carboxylic acids is 2. The molecule has 0 aromatic heterocycles. The molecule has 94 valence electrons. The van der Waals surface area contributed by atoms with Crippen molar-refractivity contribution < 1.29 is 14.3 Å². The number of ether oxygens (including phenoxy) is 1. The Labute approximate surface area is 106 Å². The summed E-state index contributed by atoms with van der Waals surface area (Å²) < 4.78 is 5.58. The molecule has 2 atom stereocenters. The van der Waals surface area contributed by atoms with Crippen LogP contribution in [0.15, 0.2) is 24.3 Å². The quantitative estimate of drug-likeness (QED) is 0.745. The van der Waals surface area contributed by atoms with Gasteiger partial charge < -0.3 is 4.74 Å². The van der Waals surface area contributed by atoms with E-state index in [0.29, 0.717) is 30.2 Å². The summed E-state index contributed by atoms with van der Waals surface area (Å²) in [5.41, 5.74) is 1.02. The van der Waals surface area contributed by atoms with Crippen LogP contribution in [-0.4, -0.2) is 36.0 Å².